The number of pyridine rings is 2. The predicted octanol–water partition coefficient (Wildman–Crippen LogP) is 5.82. The molecule has 2 aliphatic rings. The molecule has 2 aromatic carbocycles. The summed E-state index contributed by atoms with van der Waals surface area (Å²) in [5, 5.41) is 18.6. The Hall–Kier alpha value is -7.23. The SMILES string of the molecule is COC(=O)c1cn(-c2cc(Cl)ncc2C)nn1.COC(=O)c1cn(-c2cc(Nc3ccc4c(c3)OC(F)(F)O4)ncc2C)nn1.Nc1ccc2c(c1)OC(F)(F)O2. The number of nitrogen functional groups attached to an aromatic ring is 1. The normalized spacial score (nSPS) is 13.7. The summed E-state index contributed by atoms with van der Waals surface area (Å²) in [5.74, 6) is -0.870. The average molecular weight is 815 g/mol. The van der Waals surface area contributed by atoms with Gasteiger partial charge < -0.3 is 39.5 Å². The van der Waals surface area contributed by atoms with E-state index in [1.807, 2.05) is 13.8 Å². The molecule has 0 atom stereocenters. The lowest BCUT2D eigenvalue weighted by Crippen LogP contribution is -2.25. The smallest absolute Gasteiger partial charge is 0.464 e. The van der Waals surface area contributed by atoms with Gasteiger partial charge in [0.1, 0.15) is 11.0 Å². The lowest BCUT2D eigenvalue weighted by Gasteiger charge is -2.10. The molecule has 57 heavy (non-hydrogen) atoms. The van der Waals surface area contributed by atoms with Crippen LogP contribution in [0.15, 0.2) is 73.3 Å². The van der Waals surface area contributed by atoms with E-state index in [-0.39, 0.29) is 34.4 Å². The van der Waals surface area contributed by atoms with Crippen molar-refractivity contribution >= 4 is 40.7 Å². The maximum Gasteiger partial charge on any atom is 0.586 e. The molecule has 4 aromatic heterocycles. The van der Waals surface area contributed by atoms with Crippen LogP contribution >= 0.6 is 11.6 Å². The van der Waals surface area contributed by atoms with E-state index in [9.17, 15) is 27.2 Å². The number of hydrogen-bond acceptors (Lipinski definition) is 16. The van der Waals surface area contributed by atoms with Crippen LogP contribution in [0.4, 0.5) is 34.8 Å². The molecular formula is C34H27ClF4N10O8. The van der Waals surface area contributed by atoms with Crippen molar-refractivity contribution in [1.29, 1.82) is 0 Å². The van der Waals surface area contributed by atoms with Crippen molar-refractivity contribution in [2.24, 2.45) is 0 Å². The number of carbonyl (C=O) groups excluding carboxylic acids is 2. The molecule has 0 saturated heterocycles. The third-order valence-corrected chi connectivity index (χ3v) is 7.69. The number of methoxy groups -OCH3 is 2. The number of halogens is 5. The molecule has 2 aliphatic heterocycles. The summed E-state index contributed by atoms with van der Waals surface area (Å²) in [6.07, 6.45) is -1.11. The molecule has 0 fully saturated rings. The Balaban J connectivity index is 0.000000160. The number of benzene rings is 2. The average Bonchev–Trinajstić information content (AvgIpc) is 3.97. The Kier molecular flexibility index (Phi) is 11.0. The number of nitrogens with zero attached hydrogens (tertiary/aromatic N) is 8. The van der Waals surface area contributed by atoms with Crippen LogP contribution in [-0.4, -0.2) is 78.7 Å². The first kappa shape index (κ1) is 39.5. The molecule has 296 valence electrons. The number of fused-ring (bicyclic) bond motifs is 2. The van der Waals surface area contributed by atoms with Crippen molar-refractivity contribution in [3.63, 3.8) is 0 Å². The number of alkyl halides is 4. The molecule has 0 unspecified atom stereocenters. The third-order valence-electron chi connectivity index (χ3n) is 7.48. The lowest BCUT2D eigenvalue weighted by atomic mass is 10.2. The van der Waals surface area contributed by atoms with Gasteiger partial charge in [-0.25, -0.2) is 28.9 Å². The molecule has 3 N–H and O–H groups in total. The van der Waals surface area contributed by atoms with Crippen molar-refractivity contribution in [3.8, 4) is 34.4 Å². The Bertz CT molecular complexity index is 2470. The largest absolute Gasteiger partial charge is 0.586 e. The first-order valence-electron chi connectivity index (χ1n) is 16.0. The lowest BCUT2D eigenvalue weighted by molar-refractivity contribution is -0.287. The first-order valence-corrected chi connectivity index (χ1v) is 16.3. The van der Waals surface area contributed by atoms with E-state index in [4.69, 9.17) is 17.3 Å². The van der Waals surface area contributed by atoms with Crippen molar-refractivity contribution < 1.29 is 55.6 Å². The maximum absolute atomic E-state index is 13.1. The zero-order valence-corrected chi connectivity index (χ0v) is 30.5. The highest BCUT2D eigenvalue weighted by Crippen LogP contribution is 2.43. The van der Waals surface area contributed by atoms with Gasteiger partial charge in [0.15, 0.2) is 34.4 Å². The Morgan fingerprint density at radius 3 is 1.77 bits per heavy atom. The Morgan fingerprint density at radius 2 is 1.21 bits per heavy atom. The van der Waals surface area contributed by atoms with Gasteiger partial charge in [0, 0.05) is 48.0 Å². The highest BCUT2D eigenvalue weighted by atomic mass is 35.5. The van der Waals surface area contributed by atoms with E-state index in [1.54, 1.807) is 30.6 Å². The Morgan fingerprint density at radius 1 is 0.719 bits per heavy atom. The van der Waals surface area contributed by atoms with E-state index in [2.05, 4.69) is 64.3 Å². The van der Waals surface area contributed by atoms with Gasteiger partial charge in [-0.05, 0) is 49.2 Å². The van der Waals surface area contributed by atoms with Crippen molar-refractivity contribution in [2.75, 3.05) is 25.3 Å². The van der Waals surface area contributed by atoms with Gasteiger partial charge in [-0.15, -0.1) is 27.8 Å². The van der Waals surface area contributed by atoms with Crippen LogP contribution in [0.2, 0.25) is 5.15 Å². The van der Waals surface area contributed by atoms with E-state index < -0.39 is 24.5 Å². The Labute approximate surface area is 323 Å². The van der Waals surface area contributed by atoms with Crippen molar-refractivity contribution in [3.05, 3.63) is 101 Å². The molecule has 0 saturated carbocycles. The van der Waals surface area contributed by atoms with Crippen LogP contribution in [0, 0.1) is 13.8 Å². The number of rotatable bonds is 6. The summed E-state index contributed by atoms with van der Waals surface area (Å²) in [6.45, 7) is 3.67. The van der Waals surface area contributed by atoms with Crippen LogP contribution in [0.25, 0.3) is 11.4 Å². The maximum atomic E-state index is 13.1. The molecule has 6 heterocycles. The van der Waals surface area contributed by atoms with E-state index in [0.717, 1.165) is 11.1 Å². The minimum absolute atomic E-state index is 0.00852. The fourth-order valence-electron chi connectivity index (χ4n) is 4.86. The van der Waals surface area contributed by atoms with Gasteiger partial charge in [-0.1, -0.05) is 22.0 Å². The number of carbonyl (C=O) groups is 2. The zero-order valence-electron chi connectivity index (χ0n) is 29.7. The summed E-state index contributed by atoms with van der Waals surface area (Å²) >= 11 is 5.80. The molecule has 23 heteroatoms. The summed E-state index contributed by atoms with van der Waals surface area (Å²) in [5.41, 5.74) is 9.34. The number of aryl methyl sites for hydroxylation is 2. The van der Waals surface area contributed by atoms with Gasteiger partial charge in [0.25, 0.3) is 0 Å². The number of hydrogen-bond donors (Lipinski definition) is 2. The molecule has 0 bridgehead atoms. The van der Waals surface area contributed by atoms with Gasteiger partial charge in [-0.3, -0.25) is 0 Å². The molecule has 0 radical (unpaired) electrons. The number of nitrogens with two attached hydrogens (primary N) is 1. The molecular weight excluding hydrogens is 788 g/mol. The molecule has 6 aromatic rings. The van der Waals surface area contributed by atoms with Crippen LogP contribution in [0.5, 0.6) is 23.0 Å². The standard InChI is InChI=1S/C17H13F2N5O4.C10H9ClN4O2.C7H5F2NO2/c1-9-7-20-15(6-12(9)24-8-11(22-23-24)16(25)26-2)21-10-3-4-13-14(5-10)28-17(18,19)27-13;1-6-4-12-9(11)3-8(6)15-5-7(13-14-15)10(16)17-2;8-7(9)11-5-2-1-4(10)3-6(5)12-7/h3-8H,1-2H3,(H,20,21);3-5H,1-2H3;1-3H,10H2. The van der Waals surface area contributed by atoms with E-state index in [1.165, 1.54) is 66.3 Å². The fraction of sp³-hybridized carbons (Fsp3) is 0.176. The van der Waals surface area contributed by atoms with Gasteiger partial charge in [0.05, 0.1) is 38.0 Å². The molecule has 0 amide bonds. The van der Waals surface area contributed by atoms with Gasteiger partial charge in [0.2, 0.25) is 0 Å². The number of ether oxygens (including phenoxy) is 6. The second kappa shape index (κ2) is 15.9. The second-order valence-corrected chi connectivity index (χ2v) is 11.9. The molecule has 8 rings (SSSR count). The third kappa shape index (κ3) is 9.36. The van der Waals surface area contributed by atoms with Crippen LogP contribution in [0.1, 0.15) is 32.1 Å². The molecule has 0 aliphatic carbocycles. The van der Waals surface area contributed by atoms with E-state index >= 15 is 0 Å². The molecule has 18 nitrogen and oxygen atoms in total. The summed E-state index contributed by atoms with van der Waals surface area (Å²) in [4.78, 5) is 31.0. The van der Waals surface area contributed by atoms with Crippen LogP contribution < -0.4 is 30.0 Å². The zero-order chi connectivity index (χ0) is 41.1. The first-order chi connectivity index (χ1) is 27.0. The summed E-state index contributed by atoms with van der Waals surface area (Å²) in [7, 11) is 2.54. The highest BCUT2D eigenvalue weighted by molar-refractivity contribution is 6.29. The van der Waals surface area contributed by atoms with Crippen molar-refractivity contribution in [1.82, 2.24) is 40.0 Å². The van der Waals surface area contributed by atoms with E-state index in [0.29, 0.717) is 33.7 Å². The topological polar surface area (TPSA) is 215 Å². The van der Waals surface area contributed by atoms with Crippen LogP contribution in [0.3, 0.4) is 0 Å². The summed E-state index contributed by atoms with van der Waals surface area (Å²) < 4.78 is 80.2. The monoisotopic (exact) mass is 814 g/mol. The molecule has 0 spiro atoms. The van der Waals surface area contributed by atoms with Gasteiger partial charge >= 0.3 is 24.5 Å². The highest BCUT2D eigenvalue weighted by Gasteiger charge is 2.44. The fourth-order valence-corrected chi connectivity index (χ4v) is 5.02. The van der Waals surface area contributed by atoms with Gasteiger partial charge in [-0.2, -0.15) is 0 Å². The van der Waals surface area contributed by atoms with Crippen molar-refractivity contribution in [2.45, 2.75) is 26.4 Å². The number of anilines is 3. The second-order valence-electron chi connectivity index (χ2n) is 11.6. The predicted molar refractivity (Wildman–Crippen MR) is 188 cm³/mol. The minimum atomic E-state index is -3.68. The van der Waals surface area contributed by atoms with Crippen LogP contribution in [-0.2, 0) is 9.47 Å². The number of nitrogens with one attached hydrogen (secondary N) is 1. The minimum Gasteiger partial charge on any atom is -0.464 e. The number of aromatic nitrogens is 8. The summed E-state index contributed by atoms with van der Waals surface area (Å²) in [6, 6.07) is 11.7. The number of esters is 2. The quantitative estimate of drug-likeness (QED) is 0.0876.